The van der Waals surface area contributed by atoms with E-state index in [9.17, 15) is 19.2 Å². The molecule has 2 aromatic carbocycles. The Bertz CT molecular complexity index is 1170. The SMILES string of the molecule is COC(=O)[C@H](CC/C=C1\C(=O)N(C)[C@@H](C(C)(C)C)N1C(=O)c1ccccc1)NC(=O)OCc1ccccc1. The van der Waals surface area contributed by atoms with Crippen LogP contribution in [-0.2, 0) is 25.7 Å². The molecule has 1 aliphatic heterocycles. The van der Waals surface area contributed by atoms with Crippen LogP contribution < -0.4 is 5.32 Å². The monoisotopic (exact) mass is 521 g/mol. The average Bonchev–Trinajstić information content (AvgIpc) is 3.17. The summed E-state index contributed by atoms with van der Waals surface area (Å²) >= 11 is 0. The molecule has 0 bridgehead atoms. The molecule has 2 atom stereocenters. The van der Waals surface area contributed by atoms with Crippen molar-refractivity contribution in [2.75, 3.05) is 14.2 Å². The van der Waals surface area contributed by atoms with Crippen LogP contribution in [0, 0.1) is 5.41 Å². The minimum absolute atomic E-state index is 0.0518. The summed E-state index contributed by atoms with van der Waals surface area (Å²) in [5, 5.41) is 2.54. The fraction of sp³-hybridized carbons (Fsp3) is 0.379. The van der Waals surface area contributed by atoms with Gasteiger partial charge in [-0.3, -0.25) is 14.5 Å². The number of carbonyl (C=O) groups excluding carboxylic acids is 4. The predicted molar refractivity (Wildman–Crippen MR) is 142 cm³/mol. The maximum atomic E-state index is 13.6. The third kappa shape index (κ3) is 6.79. The molecule has 9 nitrogen and oxygen atoms in total. The highest BCUT2D eigenvalue weighted by Gasteiger charge is 2.48. The number of rotatable bonds is 8. The molecular formula is C29H35N3O6. The van der Waals surface area contributed by atoms with Crippen LogP contribution in [0.25, 0.3) is 0 Å². The van der Waals surface area contributed by atoms with Crippen LogP contribution in [0.15, 0.2) is 72.4 Å². The maximum absolute atomic E-state index is 13.6. The first-order valence-electron chi connectivity index (χ1n) is 12.5. The molecule has 3 amide bonds. The van der Waals surface area contributed by atoms with Gasteiger partial charge < -0.3 is 19.7 Å². The zero-order chi connectivity index (χ0) is 27.9. The lowest BCUT2D eigenvalue weighted by atomic mass is 9.91. The van der Waals surface area contributed by atoms with Gasteiger partial charge >= 0.3 is 12.1 Å². The number of amides is 3. The molecule has 0 aliphatic carbocycles. The van der Waals surface area contributed by atoms with Gasteiger partial charge in [-0.1, -0.05) is 75.4 Å². The largest absolute Gasteiger partial charge is 0.467 e. The molecule has 2 aromatic rings. The van der Waals surface area contributed by atoms with Crippen molar-refractivity contribution >= 4 is 23.9 Å². The van der Waals surface area contributed by atoms with Crippen molar-refractivity contribution in [2.45, 2.75) is 52.4 Å². The highest BCUT2D eigenvalue weighted by molar-refractivity contribution is 6.05. The number of esters is 1. The lowest BCUT2D eigenvalue weighted by Crippen LogP contribution is -2.48. The van der Waals surface area contributed by atoms with Crippen molar-refractivity contribution < 1.29 is 28.7 Å². The molecule has 0 radical (unpaired) electrons. The number of alkyl carbamates (subject to hydrolysis) is 1. The standard InChI is InChI=1S/C29H35N3O6/c1-29(2,3)27-31(4)25(34)23(32(27)24(33)21-15-10-7-11-16-21)18-12-17-22(26(35)37-5)30-28(36)38-19-20-13-8-6-9-14-20/h6-11,13-16,18,22,27H,12,17,19H2,1-5H3,(H,30,36)/b23-18+/t22-,27+/m0/s1. The van der Waals surface area contributed by atoms with E-state index in [2.05, 4.69) is 5.32 Å². The van der Waals surface area contributed by atoms with E-state index in [4.69, 9.17) is 9.47 Å². The summed E-state index contributed by atoms with van der Waals surface area (Å²) in [4.78, 5) is 54.6. The quantitative estimate of drug-likeness (QED) is 0.414. The molecule has 1 heterocycles. The number of likely N-dealkylation sites (N-methyl/N-ethyl adjacent to an activating group) is 1. The smallest absolute Gasteiger partial charge is 0.408 e. The Morgan fingerprint density at radius 2 is 1.63 bits per heavy atom. The summed E-state index contributed by atoms with van der Waals surface area (Å²) < 4.78 is 10.1. The van der Waals surface area contributed by atoms with Crippen molar-refractivity contribution in [1.82, 2.24) is 15.1 Å². The van der Waals surface area contributed by atoms with Gasteiger partial charge in [0.1, 0.15) is 24.5 Å². The van der Waals surface area contributed by atoms with Crippen LogP contribution in [0.1, 0.15) is 49.5 Å². The summed E-state index contributed by atoms with van der Waals surface area (Å²) in [5.41, 5.74) is 1.08. The second kappa shape index (κ2) is 12.4. The lowest BCUT2D eigenvalue weighted by molar-refractivity contribution is -0.143. The highest BCUT2D eigenvalue weighted by atomic mass is 16.6. The van der Waals surface area contributed by atoms with Crippen molar-refractivity contribution in [3.05, 3.63) is 83.6 Å². The molecule has 1 aliphatic rings. The van der Waals surface area contributed by atoms with Gasteiger partial charge in [0.2, 0.25) is 0 Å². The number of benzene rings is 2. The number of ether oxygens (including phenoxy) is 2. The molecule has 3 rings (SSSR count). The molecular weight excluding hydrogens is 486 g/mol. The Labute approximate surface area is 223 Å². The van der Waals surface area contributed by atoms with Crippen molar-refractivity contribution in [2.24, 2.45) is 5.41 Å². The van der Waals surface area contributed by atoms with Crippen LogP contribution in [0.2, 0.25) is 0 Å². The summed E-state index contributed by atoms with van der Waals surface area (Å²) in [6, 6.07) is 16.9. The van der Waals surface area contributed by atoms with Gasteiger partial charge in [-0.05, 0) is 30.5 Å². The van der Waals surface area contributed by atoms with Gasteiger partial charge in [0, 0.05) is 18.0 Å². The van der Waals surface area contributed by atoms with Crippen LogP contribution in [0.5, 0.6) is 0 Å². The Hall–Kier alpha value is -4.14. The van der Waals surface area contributed by atoms with E-state index in [1.807, 2.05) is 57.2 Å². The third-order valence-electron chi connectivity index (χ3n) is 6.21. The number of nitrogens with one attached hydrogen (secondary N) is 1. The first-order chi connectivity index (χ1) is 18.0. The lowest BCUT2D eigenvalue weighted by Gasteiger charge is -2.37. The number of methoxy groups -OCH3 is 1. The molecule has 0 spiro atoms. The van der Waals surface area contributed by atoms with Gasteiger partial charge in [-0.25, -0.2) is 9.59 Å². The Morgan fingerprint density at radius 1 is 1.03 bits per heavy atom. The van der Waals surface area contributed by atoms with Crippen LogP contribution in [0.4, 0.5) is 4.79 Å². The molecule has 1 saturated heterocycles. The Kier molecular flexibility index (Phi) is 9.28. The number of allylic oxidation sites excluding steroid dienone is 1. The summed E-state index contributed by atoms with van der Waals surface area (Å²) in [6.45, 7) is 5.95. The van der Waals surface area contributed by atoms with Gasteiger partial charge in [0.05, 0.1) is 7.11 Å². The van der Waals surface area contributed by atoms with E-state index in [1.54, 1.807) is 42.3 Å². The minimum atomic E-state index is -0.994. The average molecular weight is 522 g/mol. The van der Waals surface area contributed by atoms with E-state index in [0.29, 0.717) is 5.56 Å². The highest BCUT2D eigenvalue weighted by Crippen LogP contribution is 2.37. The van der Waals surface area contributed by atoms with Crippen molar-refractivity contribution in [3.8, 4) is 0 Å². The fourth-order valence-electron chi connectivity index (χ4n) is 4.48. The van der Waals surface area contributed by atoms with E-state index in [0.717, 1.165) is 5.56 Å². The maximum Gasteiger partial charge on any atom is 0.408 e. The van der Waals surface area contributed by atoms with E-state index in [1.165, 1.54) is 12.0 Å². The van der Waals surface area contributed by atoms with E-state index >= 15 is 0 Å². The minimum Gasteiger partial charge on any atom is -0.467 e. The molecule has 1 fully saturated rings. The predicted octanol–water partition coefficient (Wildman–Crippen LogP) is 4.11. The summed E-state index contributed by atoms with van der Waals surface area (Å²) in [6.07, 6.45) is 0.737. The van der Waals surface area contributed by atoms with Crippen LogP contribution in [-0.4, -0.2) is 60.0 Å². The topological polar surface area (TPSA) is 105 Å². The molecule has 0 saturated carbocycles. The fourth-order valence-corrected chi connectivity index (χ4v) is 4.48. The molecule has 202 valence electrons. The molecule has 0 unspecified atom stereocenters. The number of hydrogen-bond acceptors (Lipinski definition) is 6. The van der Waals surface area contributed by atoms with Gasteiger partial charge in [0.15, 0.2) is 0 Å². The van der Waals surface area contributed by atoms with Crippen LogP contribution in [0.3, 0.4) is 0 Å². The molecule has 1 N–H and O–H groups in total. The van der Waals surface area contributed by atoms with Crippen LogP contribution >= 0.6 is 0 Å². The third-order valence-corrected chi connectivity index (χ3v) is 6.21. The van der Waals surface area contributed by atoms with Gasteiger partial charge in [0.25, 0.3) is 11.8 Å². The molecule has 9 heteroatoms. The normalized spacial score (nSPS) is 17.3. The Balaban J connectivity index is 1.77. The van der Waals surface area contributed by atoms with Gasteiger partial charge in [-0.2, -0.15) is 0 Å². The zero-order valence-corrected chi connectivity index (χ0v) is 22.5. The number of nitrogens with zero attached hydrogens (tertiary/aromatic N) is 2. The molecule has 38 heavy (non-hydrogen) atoms. The summed E-state index contributed by atoms with van der Waals surface area (Å²) in [7, 11) is 2.90. The Morgan fingerprint density at radius 3 is 2.21 bits per heavy atom. The van der Waals surface area contributed by atoms with Crippen molar-refractivity contribution in [3.63, 3.8) is 0 Å². The molecule has 0 aromatic heterocycles. The van der Waals surface area contributed by atoms with Gasteiger partial charge in [-0.15, -0.1) is 0 Å². The first kappa shape index (κ1) is 28.4. The first-order valence-corrected chi connectivity index (χ1v) is 12.5. The zero-order valence-electron chi connectivity index (χ0n) is 22.5. The van der Waals surface area contributed by atoms with Crippen molar-refractivity contribution in [1.29, 1.82) is 0 Å². The second-order valence-corrected chi connectivity index (χ2v) is 10.1. The van der Waals surface area contributed by atoms with E-state index < -0.39 is 29.7 Å². The summed E-state index contributed by atoms with van der Waals surface area (Å²) in [5.74, 6) is -1.22. The number of carbonyl (C=O) groups is 4. The van der Waals surface area contributed by atoms with E-state index in [-0.39, 0.29) is 37.0 Å². The number of hydrogen-bond donors (Lipinski definition) is 1. The second-order valence-electron chi connectivity index (χ2n) is 10.1.